The third-order valence-corrected chi connectivity index (χ3v) is 17.5. The van der Waals surface area contributed by atoms with Gasteiger partial charge in [0.05, 0.1) is 16.1 Å². The quantitative estimate of drug-likeness (QED) is 0.709. The molecule has 1 N–H and O–H groups in total. The molecule has 0 saturated carbocycles. The summed E-state index contributed by atoms with van der Waals surface area (Å²) < 4.78 is 0. The minimum Gasteiger partial charge on any atom is -0.387 e. The molecule has 0 bridgehead atoms. The molecule has 0 amide bonds. The van der Waals surface area contributed by atoms with Gasteiger partial charge in [0.25, 0.3) is 0 Å². The van der Waals surface area contributed by atoms with E-state index in [-0.39, 0.29) is 0 Å². The zero-order valence-corrected chi connectivity index (χ0v) is 16.2. The van der Waals surface area contributed by atoms with E-state index in [1.54, 1.807) is 0 Å². The fourth-order valence-electron chi connectivity index (χ4n) is 2.55. The topological polar surface area (TPSA) is 12.0 Å². The number of anilines is 1. The fourth-order valence-corrected chi connectivity index (χ4v) is 13.8. The number of benzene rings is 1. The third kappa shape index (κ3) is 3.64. The lowest BCUT2D eigenvalue weighted by molar-refractivity contribution is 0.711. The SMILES string of the molecule is C=C[Si](C)(C)C(Nc1ccccc1)[Si](C)(C)C(C)(C)C. The summed E-state index contributed by atoms with van der Waals surface area (Å²) in [6.07, 6.45) is 0. The summed E-state index contributed by atoms with van der Waals surface area (Å²) in [6, 6.07) is 10.6. The number of nitrogens with one attached hydrogen (secondary N) is 1. The molecule has 112 valence electrons. The first-order chi connectivity index (χ1) is 9.02. The van der Waals surface area contributed by atoms with E-state index in [0.717, 1.165) is 0 Å². The third-order valence-electron chi connectivity index (χ3n) is 5.01. The van der Waals surface area contributed by atoms with E-state index in [2.05, 4.69) is 94.9 Å². The van der Waals surface area contributed by atoms with Crippen molar-refractivity contribution in [1.82, 2.24) is 0 Å². The molecule has 0 fully saturated rings. The predicted molar refractivity (Wildman–Crippen MR) is 98.7 cm³/mol. The predicted octanol–water partition coefficient (Wildman–Crippen LogP) is 5.49. The van der Waals surface area contributed by atoms with E-state index < -0.39 is 16.1 Å². The Morgan fingerprint density at radius 1 is 1.05 bits per heavy atom. The largest absolute Gasteiger partial charge is 0.387 e. The Bertz CT molecular complexity index is 444. The van der Waals surface area contributed by atoms with Crippen LogP contribution in [-0.2, 0) is 0 Å². The van der Waals surface area contributed by atoms with Gasteiger partial charge in [0.1, 0.15) is 0 Å². The fraction of sp³-hybridized carbons (Fsp3) is 0.529. The van der Waals surface area contributed by atoms with Crippen LogP contribution in [0.2, 0.25) is 31.2 Å². The van der Waals surface area contributed by atoms with Gasteiger partial charge in [-0.15, -0.1) is 12.3 Å². The maximum Gasteiger partial charge on any atom is 0.0919 e. The van der Waals surface area contributed by atoms with Crippen LogP contribution in [0.1, 0.15) is 20.8 Å². The highest BCUT2D eigenvalue weighted by atomic mass is 28.4. The zero-order chi connectivity index (χ0) is 15.6. The second-order valence-electron chi connectivity index (χ2n) is 7.94. The lowest BCUT2D eigenvalue weighted by atomic mass is 10.2. The molecule has 0 aliphatic heterocycles. The van der Waals surface area contributed by atoms with E-state index in [1.807, 2.05) is 0 Å². The maximum absolute atomic E-state index is 4.13. The van der Waals surface area contributed by atoms with E-state index >= 15 is 0 Å². The molecule has 0 aliphatic rings. The Kier molecular flexibility index (Phi) is 5.09. The Labute approximate surface area is 127 Å². The van der Waals surface area contributed by atoms with Gasteiger partial charge in [-0.3, -0.25) is 0 Å². The first-order valence-electron chi connectivity index (χ1n) is 7.47. The van der Waals surface area contributed by atoms with E-state index in [0.29, 0.717) is 10.3 Å². The van der Waals surface area contributed by atoms with Gasteiger partial charge in [-0.1, -0.05) is 65.2 Å². The maximum atomic E-state index is 4.13. The highest BCUT2D eigenvalue weighted by Gasteiger charge is 2.48. The van der Waals surface area contributed by atoms with Crippen LogP contribution in [0.3, 0.4) is 0 Å². The second-order valence-corrected chi connectivity index (χ2v) is 18.7. The number of para-hydroxylation sites is 1. The number of hydrogen-bond donors (Lipinski definition) is 1. The van der Waals surface area contributed by atoms with Gasteiger partial charge in [-0.2, -0.15) is 0 Å². The first kappa shape index (κ1) is 17.2. The van der Waals surface area contributed by atoms with Crippen molar-refractivity contribution in [1.29, 1.82) is 0 Å². The van der Waals surface area contributed by atoms with Crippen LogP contribution in [0.25, 0.3) is 0 Å². The molecule has 1 nitrogen and oxygen atoms in total. The molecule has 1 aromatic rings. The summed E-state index contributed by atoms with van der Waals surface area (Å²) in [6.45, 7) is 21.2. The van der Waals surface area contributed by atoms with Crippen molar-refractivity contribution < 1.29 is 0 Å². The van der Waals surface area contributed by atoms with Gasteiger partial charge in [0, 0.05) is 11.0 Å². The molecule has 0 aliphatic carbocycles. The highest BCUT2D eigenvalue weighted by molar-refractivity contribution is 7.01. The molecule has 0 saturated heterocycles. The van der Waals surface area contributed by atoms with Crippen molar-refractivity contribution in [3.63, 3.8) is 0 Å². The normalized spacial score (nSPS) is 14.8. The van der Waals surface area contributed by atoms with Gasteiger partial charge in [-0.25, -0.2) is 0 Å². The average Bonchev–Trinajstić information content (AvgIpc) is 2.35. The van der Waals surface area contributed by atoms with E-state index in [9.17, 15) is 0 Å². The summed E-state index contributed by atoms with van der Waals surface area (Å²) in [5.74, 6) is 0. The van der Waals surface area contributed by atoms with Gasteiger partial charge in [0.2, 0.25) is 0 Å². The van der Waals surface area contributed by atoms with Crippen molar-refractivity contribution >= 4 is 21.8 Å². The smallest absolute Gasteiger partial charge is 0.0919 e. The van der Waals surface area contributed by atoms with Gasteiger partial charge in [0.15, 0.2) is 0 Å². The van der Waals surface area contributed by atoms with Gasteiger partial charge in [-0.05, 0) is 17.2 Å². The van der Waals surface area contributed by atoms with Crippen molar-refractivity contribution in [2.45, 2.75) is 57.3 Å². The van der Waals surface area contributed by atoms with Crippen LogP contribution in [0.5, 0.6) is 0 Å². The molecule has 1 unspecified atom stereocenters. The minimum atomic E-state index is -1.52. The average molecular weight is 306 g/mol. The van der Waals surface area contributed by atoms with Crippen LogP contribution in [0.4, 0.5) is 5.69 Å². The molecular formula is C17H31NSi2. The molecule has 1 atom stereocenters. The first-order valence-corrected chi connectivity index (χ1v) is 13.7. The van der Waals surface area contributed by atoms with Crippen molar-refractivity contribution in [2.75, 3.05) is 5.32 Å². The molecule has 3 heteroatoms. The van der Waals surface area contributed by atoms with E-state index in [4.69, 9.17) is 0 Å². The molecule has 1 rings (SSSR count). The van der Waals surface area contributed by atoms with Gasteiger partial charge < -0.3 is 5.32 Å². The van der Waals surface area contributed by atoms with Crippen molar-refractivity contribution in [3.05, 3.63) is 42.6 Å². The zero-order valence-electron chi connectivity index (χ0n) is 14.2. The van der Waals surface area contributed by atoms with Crippen molar-refractivity contribution in [3.8, 4) is 0 Å². The molecule has 20 heavy (non-hydrogen) atoms. The Morgan fingerprint density at radius 3 is 1.95 bits per heavy atom. The van der Waals surface area contributed by atoms with Crippen LogP contribution < -0.4 is 5.32 Å². The van der Waals surface area contributed by atoms with Crippen LogP contribution in [0, 0.1) is 0 Å². The molecule has 1 aromatic carbocycles. The number of hydrogen-bond acceptors (Lipinski definition) is 1. The Hall–Kier alpha value is -0.806. The highest BCUT2D eigenvalue weighted by Crippen LogP contribution is 2.41. The summed E-state index contributed by atoms with van der Waals surface area (Å²) >= 11 is 0. The summed E-state index contributed by atoms with van der Waals surface area (Å²) in [4.78, 5) is 0. The Morgan fingerprint density at radius 2 is 1.55 bits per heavy atom. The van der Waals surface area contributed by atoms with Crippen LogP contribution >= 0.6 is 0 Å². The molecular weight excluding hydrogens is 274 g/mol. The van der Waals surface area contributed by atoms with Gasteiger partial charge >= 0.3 is 0 Å². The standard InChI is InChI=1S/C17H31NSi2/c1-9-19(5,6)16(20(7,8)17(2,3)4)18-15-13-11-10-12-14-15/h9-14,16,18H,1H2,2-8H3. The summed E-state index contributed by atoms with van der Waals surface area (Å²) in [7, 11) is -3.01. The number of rotatable bonds is 5. The van der Waals surface area contributed by atoms with Crippen LogP contribution in [-0.4, -0.2) is 21.4 Å². The second kappa shape index (κ2) is 5.90. The van der Waals surface area contributed by atoms with Crippen molar-refractivity contribution in [2.24, 2.45) is 0 Å². The summed E-state index contributed by atoms with van der Waals surface area (Å²) in [5.41, 5.74) is 3.48. The monoisotopic (exact) mass is 305 g/mol. The lowest BCUT2D eigenvalue weighted by Gasteiger charge is -2.49. The molecule has 0 aromatic heterocycles. The van der Waals surface area contributed by atoms with E-state index in [1.165, 1.54) is 5.69 Å². The summed E-state index contributed by atoms with van der Waals surface area (Å²) in [5, 5.41) is 4.82. The minimum absolute atomic E-state index is 0.368. The molecule has 0 heterocycles. The van der Waals surface area contributed by atoms with Crippen LogP contribution in [0.15, 0.2) is 42.6 Å². The molecule has 0 radical (unpaired) electrons. The Balaban J connectivity index is 3.20. The lowest BCUT2D eigenvalue weighted by Crippen LogP contribution is -2.64. The molecule has 0 spiro atoms.